The highest BCUT2D eigenvalue weighted by Crippen LogP contribution is 2.26. The number of rotatable bonds is 3. The lowest BCUT2D eigenvalue weighted by Gasteiger charge is -2.23. The number of hydrogen-bond donors (Lipinski definition) is 3. The van der Waals surface area contributed by atoms with Gasteiger partial charge in [0, 0.05) is 11.9 Å². The van der Waals surface area contributed by atoms with Crippen LogP contribution in [0.2, 0.25) is 0 Å². The first kappa shape index (κ1) is 24.2. The number of aromatic nitrogens is 3. The van der Waals surface area contributed by atoms with Gasteiger partial charge in [-0.1, -0.05) is 12.1 Å². The molecule has 3 aromatic rings. The Kier molecular flexibility index (Phi) is 7.32. The highest BCUT2D eigenvalue weighted by atomic mass is 19.4. The number of carbonyl (C=O) groups excluding carboxylic acids is 1. The first-order chi connectivity index (χ1) is 15.5. The number of carbonyl (C=O) groups is 2. The molecule has 0 aliphatic carbocycles. The van der Waals surface area contributed by atoms with Crippen molar-refractivity contribution in [3.63, 3.8) is 0 Å². The Morgan fingerprint density at radius 3 is 2.33 bits per heavy atom. The molecule has 0 radical (unpaired) electrons. The first-order valence-electron chi connectivity index (χ1n) is 10.3. The lowest BCUT2D eigenvalue weighted by atomic mass is 9.90. The molecule has 1 aliphatic heterocycles. The number of fused-ring (bicyclic) bond motifs is 1. The van der Waals surface area contributed by atoms with E-state index in [4.69, 9.17) is 9.90 Å². The molecule has 3 heterocycles. The molecule has 8 nitrogen and oxygen atoms in total. The molecule has 1 amide bonds. The summed E-state index contributed by atoms with van der Waals surface area (Å²) in [5.74, 6) is -1.59. The van der Waals surface area contributed by atoms with Gasteiger partial charge in [-0.3, -0.25) is 4.79 Å². The number of aliphatic carboxylic acids is 1. The number of nitrogens with one attached hydrogen (secondary N) is 2. The average molecular weight is 463 g/mol. The van der Waals surface area contributed by atoms with Gasteiger partial charge >= 0.3 is 12.1 Å². The van der Waals surface area contributed by atoms with Crippen molar-refractivity contribution < 1.29 is 27.9 Å². The minimum absolute atomic E-state index is 0.141. The number of pyridine rings is 1. The van der Waals surface area contributed by atoms with Crippen molar-refractivity contribution in [1.29, 1.82) is 0 Å². The molecule has 4 rings (SSSR count). The van der Waals surface area contributed by atoms with Crippen molar-refractivity contribution in [2.75, 3.05) is 18.4 Å². The van der Waals surface area contributed by atoms with Crippen molar-refractivity contribution in [3.8, 4) is 0 Å². The summed E-state index contributed by atoms with van der Waals surface area (Å²) in [5, 5.41) is 17.8. The van der Waals surface area contributed by atoms with E-state index in [9.17, 15) is 18.0 Å². The van der Waals surface area contributed by atoms with Crippen LogP contribution in [0.3, 0.4) is 0 Å². The fraction of sp³-hybridized carbons (Fsp3) is 0.364. The van der Waals surface area contributed by atoms with E-state index in [1.54, 1.807) is 10.7 Å². The van der Waals surface area contributed by atoms with Gasteiger partial charge in [-0.25, -0.2) is 14.3 Å². The minimum atomic E-state index is -5.08. The highest BCUT2D eigenvalue weighted by molar-refractivity contribution is 6.04. The molecule has 0 spiro atoms. The number of alkyl halides is 3. The van der Waals surface area contributed by atoms with E-state index in [2.05, 4.69) is 32.8 Å². The molecule has 176 valence electrons. The number of anilines is 1. The summed E-state index contributed by atoms with van der Waals surface area (Å²) in [7, 11) is 0. The lowest BCUT2D eigenvalue weighted by Crippen LogP contribution is -2.26. The van der Waals surface area contributed by atoms with E-state index in [1.807, 2.05) is 32.0 Å². The summed E-state index contributed by atoms with van der Waals surface area (Å²) < 4.78 is 33.4. The summed E-state index contributed by atoms with van der Waals surface area (Å²) >= 11 is 0. The quantitative estimate of drug-likeness (QED) is 0.547. The number of hydrogen-bond acceptors (Lipinski definition) is 5. The number of benzene rings is 1. The second-order valence-electron chi connectivity index (χ2n) is 7.74. The summed E-state index contributed by atoms with van der Waals surface area (Å²) in [6.45, 7) is 5.93. The Balaban J connectivity index is 0.000000383. The Bertz CT molecular complexity index is 1140. The van der Waals surface area contributed by atoms with Crippen LogP contribution in [0.15, 0.2) is 36.5 Å². The molecule has 0 atom stereocenters. The van der Waals surface area contributed by atoms with Crippen LogP contribution in [0.1, 0.15) is 46.1 Å². The Morgan fingerprint density at radius 1 is 1.15 bits per heavy atom. The standard InChI is InChI=1S/C20H23N5O.C2HF3O2/c1-13-11-17(12-25-19(13)22-14(2)24-25)20(26)23-18-5-3-15(4-6-18)16-7-9-21-10-8-16;3-2(4,5)1(6)7/h3-6,11-12,16,21H,7-10H2,1-2H3,(H,23,26);(H,6,7). The molecule has 0 saturated carbocycles. The van der Waals surface area contributed by atoms with Gasteiger partial charge in [0.05, 0.1) is 5.56 Å². The van der Waals surface area contributed by atoms with E-state index < -0.39 is 12.1 Å². The van der Waals surface area contributed by atoms with Crippen LogP contribution < -0.4 is 10.6 Å². The zero-order valence-corrected chi connectivity index (χ0v) is 18.1. The number of nitrogens with zero attached hydrogens (tertiary/aromatic N) is 3. The third kappa shape index (κ3) is 6.28. The average Bonchev–Trinajstić information content (AvgIpc) is 3.15. The second-order valence-corrected chi connectivity index (χ2v) is 7.74. The minimum Gasteiger partial charge on any atom is -0.475 e. The molecule has 0 unspecified atom stereocenters. The molecule has 1 fully saturated rings. The number of piperidine rings is 1. The van der Waals surface area contributed by atoms with E-state index in [0.717, 1.165) is 30.0 Å². The molecule has 11 heteroatoms. The SMILES string of the molecule is Cc1nc2c(C)cc(C(=O)Nc3ccc(C4CCNCC4)cc3)cn2n1.O=C(O)C(F)(F)F. The van der Waals surface area contributed by atoms with E-state index >= 15 is 0 Å². The third-order valence-electron chi connectivity index (χ3n) is 5.21. The Labute approximate surface area is 187 Å². The van der Waals surface area contributed by atoms with Gasteiger partial charge in [0.2, 0.25) is 0 Å². The molecule has 3 N–H and O–H groups in total. The zero-order valence-electron chi connectivity index (χ0n) is 18.1. The van der Waals surface area contributed by atoms with Crippen LogP contribution in [-0.4, -0.2) is 50.8 Å². The van der Waals surface area contributed by atoms with Crippen LogP contribution in [0.5, 0.6) is 0 Å². The third-order valence-corrected chi connectivity index (χ3v) is 5.21. The van der Waals surface area contributed by atoms with Crippen LogP contribution >= 0.6 is 0 Å². The van der Waals surface area contributed by atoms with Gasteiger partial charge in [-0.2, -0.15) is 18.3 Å². The summed E-state index contributed by atoms with van der Waals surface area (Å²) in [6.07, 6.45) is -1.02. The molecular formula is C22H24F3N5O3. The molecule has 2 aromatic heterocycles. The van der Waals surface area contributed by atoms with E-state index in [-0.39, 0.29) is 5.91 Å². The number of aryl methyl sites for hydroxylation is 2. The Hall–Kier alpha value is -3.47. The molecule has 33 heavy (non-hydrogen) atoms. The van der Waals surface area contributed by atoms with Crippen LogP contribution in [0, 0.1) is 13.8 Å². The summed E-state index contributed by atoms with van der Waals surface area (Å²) in [4.78, 5) is 25.9. The zero-order chi connectivity index (χ0) is 24.2. The van der Waals surface area contributed by atoms with Crippen molar-refractivity contribution in [2.45, 2.75) is 38.8 Å². The number of halogens is 3. The largest absolute Gasteiger partial charge is 0.490 e. The monoisotopic (exact) mass is 463 g/mol. The fourth-order valence-corrected chi connectivity index (χ4v) is 3.58. The maximum atomic E-state index is 12.6. The lowest BCUT2D eigenvalue weighted by molar-refractivity contribution is -0.192. The first-order valence-corrected chi connectivity index (χ1v) is 10.3. The molecule has 0 bridgehead atoms. The second kappa shape index (κ2) is 9.99. The molecule has 1 aliphatic rings. The van der Waals surface area contributed by atoms with Crippen molar-refractivity contribution in [3.05, 3.63) is 59.0 Å². The smallest absolute Gasteiger partial charge is 0.475 e. The van der Waals surface area contributed by atoms with Gasteiger partial charge in [0.1, 0.15) is 5.82 Å². The van der Waals surface area contributed by atoms with Crippen molar-refractivity contribution in [2.24, 2.45) is 0 Å². The van der Waals surface area contributed by atoms with Gasteiger partial charge in [0.15, 0.2) is 5.65 Å². The fourth-order valence-electron chi connectivity index (χ4n) is 3.58. The summed E-state index contributed by atoms with van der Waals surface area (Å²) in [6, 6.07) is 10.1. The van der Waals surface area contributed by atoms with Crippen LogP contribution in [0.25, 0.3) is 5.65 Å². The van der Waals surface area contributed by atoms with Gasteiger partial charge in [0.25, 0.3) is 5.91 Å². The normalized spacial score (nSPS) is 14.5. The van der Waals surface area contributed by atoms with E-state index in [1.165, 1.54) is 18.4 Å². The maximum absolute atomic E-state index is 12.6. The number of amides is 1. The molecule has 1 aromatic carbocycles. The van der Waals surface area contributed by atoms with Gasteiger partial charge < -0.3 is 15.7 Å². The predicted octanol–water partition coefficient (Wildman–Crippen LogP) is 3.70. The summed E-state index contributed by atoms with van der Waals surface area (Å²) in [5.41, 5.74) is 4.44. The maximum Gasteiger partial charge on any atom is 0.490 e. The number of carboxylic acid groups (broad SMARTS) is 1. The molecular weight excluding hydrogens is 439 g/mol. The van der Waals surface area contributed by atoms with E-state index in [0.29, 0.717) is 17.3 Å². The van der Waals surface area contributed by atoms with Gasteiger partial charge in [-0.15, -0.1) is 0 Å². The molecule has 1 saturated heterocycles. The van der Waals surface area contributed by atoms with Crippen LogP contribution in [-0.2, 0) is 4.79 Å². The van der Waals surface area contributed by atoms with Crippen LogP contribution in [0.4, 0.5) is 18.9 Å². The predicted molar refractivity (Wildman–Crippen MR) is 115 cm³/mol. The van der Waals surface area contributed by atoms with Crippen molar-refractivity contribution >= 4 is 23.2 Å². The highest BCUT2D eigenvalue weighted by Gasteiger charge is 2.38. The number of carboxylic acids is 1. The Morgan fingerprint density at radius 2 is 1.76 bits per heavy atom. The van der Waals surface area contributed by atoms with Gasteiger partial charge in [-0.05, 0) is 75.0 Å². The van der Waals surface area contributed by atoms with Crippen molar-refractivity contribution in [1.82, 2.24) is 19.9 Å². The topological polar surface area (TPSA) is 109 Å².